The number of benzene rings is 2. The van der Waals surface area contributed by atoms with Crippen LogP contribution in [0.4, 0.5) is 19.0 Å². The number of nitrogens with one attached hydrogen (secondary N) is 2. The van der Waals surface area contributed by atoms with E-state index in [-0.39, 0.29) is 11.5 Å². The first kappa shape index (κ1) is 17.5. The van der Waals surface area contributed by atoms with Crippen LogP contribution < -0.4 is 10.9 Å². The molecule has 0 atom stereocenters. The summed E-state index contributed by atoms with van der Waals surface area (Å²) in [5.74, 6) is -0.589. The van der Waals surface area contributed by atoms with E-state index in [1.165, 1.54) is 0 Å². The van der Waals surface area contributed by atoms with Gasteiger partial charge in [0.05, 0.1) is 11.3 Å². The average Bonchev–Trinajstić information content (AvgIpc) is 2.66. The molecule has 2 N–H and O–H groups in total. The molecule has 4 nitrogen and oxygen atoms in total. The van der Waals surface area contributed by atoms with Crippen LogP contribution in [0, 0.1) is 0 Å². The van der Waals surface area contributed by atoms with Crippen molar-refractivity contribution in [3.63, 3.8) is 0 Å². The lowest BCUT2D eigenvalue weighted by Crippen LogP contribution is -2.30. The lowest BCUT2D eigenvalue weighted by molar-refractivity contribution is -0.137. The minimum Gasteiger partial charge on any atom is -0.282 e. The van der Waals surface area contributed by atoms with Gasteiger partial charge in [0, 0.05) is 11.1 Å². The highest BCUT2D eigenvalue weighted by atomic mass is 19.4. The number of amides is 1. The molecule has 26 heavy (non-hydrogen) atoms. The number of hydrogen-bond donors (Lipinski definition) is 2. The molecule has 0 spiro atoms. The zero-order valence-electron chi connectivity index (χ0n) is 13.4. The smallest absolute Gasteiger partial charge is 0.282 e. The number of rotatable bonds is 4. The van der Waals surface area contributed by atoms with Crippen molar-refractivity contribution in [2.75, 3.05) is 5.43 Å². The van der Waals surface area contributed by atoms with Gasteiger partial charge in [0.1, 0.15) is 5.82 Å². The van der Waals surface area contributed by atoms with Crippen LogP contribution in [0.2, 0.25) is 0 Å². The SMILES string of the molecule is O=C(NNc1cc(C(F)(F)F)cc(-c2ccccc2)n1)c1ccccc1. The Morgan fingerprint density at radius 2 is 1.50 bits per heavy atom. The van der Waals surface area contributed by atoms with Gasteiger partial charge in [-0.1, -0.05) is 48.5 Å². The van der Waals surface area contributed by atoms with E-state index in [2.05, 4.69) is 15.8 Å². The predicted octanol–water partition coefficient (Wildman–Crippen LogP) is 4.52. The van der Waals surface area contributed by atoms with Gasteiger partial charge in [-0.05, 0) is 24.3 Å². The van der Waals surface area contributed by atoms with Crippen LogP contribution >= 0.6 is 0 Å². The fourth-order valence-electron chi connectivity index (χ4n) is 2.30. The fourth-order valence-corrected chi connectivity index (χ4v) is 2.30. The summed E-state index contributed by atoms with van der Waals surface area (Å²) in [7, 11) is 0. The van der Waals surface area contributed by atoms with Crippen molar-refractivity contribution >= 4 is 11.7 Å². The molecule has 3 aromatic rings. The summed E-state index contributed by atoms with van der Waals surface area (Å²) in [6, 6.07) is 18.6. The van der Waals surface area contributed by atoms with Crippen molar-refractivity contribution in [1.82, 2.24) is 10.4 Å². The molecule has 0 aliphatic heterocycles. The van der Waals surface area contributed by atoms with Crippen molar-refractivity contribution < 1.29 is 18.0 Å². The molecular formula is C19H14F3N3O. The topological polar surface area (TPSA) is 54.0 Å². The van der Waals surface area contributed by atoms with Gasteiger partial charge in [-0.2, -0.15) is 13.2 Å². The molecule has 0 fully saturated rings. The minimum atomic E-state index is -4.54. The normalized spacial score (nSPS) is 11.0. The van der Waals surface area contributed by atoms with E-state index >= 15 is 0 Å². The van der Waals surface area contributed by atoms with Crippen LogP contribution in [0.3, 0.4) is 0 Å². The number of carbonyl (C=O) groups excluding carboxylic acids is 1. The van der Waals surface area contributed by atoms with Crippen LogP contribution in [-0.2, 0) is 6.18 Å². The molecule has 0 aliphatic rings. The molecule has 7 heteroatoms. The minimum absolute atomic E-state index is 0.108. The second-order valence-electron chi connectivity index (χ2n) is 5.44. The number of hydrogen-bond acceptors (Lipinski definition) is 3. The maximum atomic E-state index is 13.2. The number of anilines is 1. The molecule has 1 heterocycles. The number of nitrogens with zero attached hydrogens (tertiary/aromatic N) is 1. The third-order valence-electron chi connectivity index (χ3n) is 3.56. The number of alkyl halides is 3. The van der Waals surface area contributed by atoms with Gasteiger partial charge in [0.15, 0.2) is 0 Å². The van der Waals surface area contributed by atoms with E-state index in [4.69, 9.17) is 0 Å². The molecule has 0 bridgehead atoms. The Hall–Kier alpha value is -3.35. The molecular weight excluding hydrogens is 343 g/mol. The monoisotopic (exact) mass is 357 g/mol. The van der Waals surface area contributed by atoms with Gasteiger partial charge in [0.25, 0.3) is 5.91 Å². The second-order valence-corrected chi connectivity index (χ2v) is 5.44. The molecule has 0 unspecified atom stereocenters. The Labute approximate surface area is 147 Å². The van der Waals surface area contributed by atoms with Crippen LogP contribution in [0.5, 0.6) is 0 Å². The maximum Gasteiger partial charge on any atom is 0.416 e. The van der Waals surface area contributed by atoms with Gasteiger partial charge in [-0.25, -0.2) is 4.98 Å². The highest BCUT2D eigenvalue weighted by molar-refractivity contribution is 5.94. The molecule has 0 radical (unpaired) electrons. The summed E-state index contributed by atoms with van der Waals surface area (Å²) >= 11 is 0. The molecule has 0 saturated carbocycles. The van der Waals surface area contributed by atoms with Crippen molar-refractivity contribution in [2.24, 2.45) is 0 Å². The lowest BCUT2D eigenvalue weighted by Gasteiger charge is -2.13. The first-order valence-corrected chi connectivity index (χ1v) is 7.69. The Morgan fingerprint density at radius 3 is 2.12 bits per heavy atom. The Morgan fingerprint density at radius 1 is 0.885 bits per heavy atom. The molecule has 2 aromatic carbocycles. The number of halogens is 3. The molecule has 0 aliphatic carbocycles. The zero-order chi connectivity index (χ0) is 18.6. The van der Waals surface area contributed by atoms with E-state index in [0.29, 0.717) is 11.1 Å². The second kappa shape index (κ2) is 7.26. The van der Waals surface area contributed by atoms with E-state index in [9.17, 15) is 18.0 Å². The number of pyridine rings is 1. The van der Waals surface area contributed by atoms with Gasteiger partial charge in [-0.3, -0.25) is 15.6 Å². The summed E-state index contributed by atoms with van der Waals surface area (Å²) in [5, 5.41) is 0. The number of aromatic nitrogens is 1. The Balaban J connectivity index is 1.87. The summed E-state index contributed by atoms with van der Waals surface area (Å²) < 4.78 is 39.6. The maximum absolute atomic E-state index is 13.2. The molecule has 1 amide bonds. The van der Waals surface area contributed by atoms with Crippen molar-refractivity contribution in [3.05, 3.63) is 83.9 Å². The van der Waals surface area contributed by atoms with Gasteiger partial charge < -0.3 is 0 Å². The molecule has 3 rings (SSSR count). The van der Waals surface area contributed by atoms with Gasteiger partial charge in [0.2, 0.25) is 0 Å². The lowest BCUT2D eigenvalue weighted by atomic mass is 10.1. The van der Waals surface area contributed by atoms with Crippen molar-refractivity contribution in [3.8, 4) is 11.3 Å². The summed E-state index contributed by atoms with van der Waals surface area (Å²) in [6.07, 6.45) is -4.54. The fraction of sp³-hybridized carbons (Fsp3) is 0.0526. The molecule has 1 aromatic heterocycles. The summed E-state index contributed by atoms with van der Waals surface area (Å²) in [5.41, 5.74) is 5.01. The molecule has 0 saturated heterocycles. The first-order chi connectivity index (χ1) is 12.4. The van der Waals surface area contributed by atoms with Crippen LogP contribution in [0.1, 0.15) is 15.9 Å². The Kier molecular flexibility index (Phi) is 4.88. The van der Waals surface area contributed by atoms with Crippen LogP contribution in [0.15, 0.2) is 72.8 Å². The highest BCUT2D eigenvalue weighted by Gasteiger charge is 2.31. The summed E-state index contributed by atoms with van der Waals surface area (Å²) in [4.78, 5) is 16.2. The van der Waals surface area contributed by atoms with Crippen molar-refractivity contribution in [2.45, 2.75) is 6.18 Å². The van der Waals surface area contributed by atoms with Gasteiger partial charge in [-0.15, -0.1) is 0 Å². The predicted molar refractivity (Wildman–Crippen MR) is 92.2 cm³/mol. The zero-order valence-corrected chi connectivity index (χ0v) is 13.4. The summed E-state index contributed by atoms with van der Waals surface area (Å²) in [6.45, 7) is 0. The van der Waals surface area contributed by atoms with Crippen LogP contribution in [0.25, 0.3) is 11.3 Å². The van der Waals surface area contributed by atoms with E-state index < -0.39 is 17.6 Å². The highest BCUT2D eigenvalue weighted by Crippen LogP contribution is 2.33. The Bertz CT molecular complexity index is 897. The van der Waals surface area contributed by atoms with Crippen molar-refractivity contribution in [1.29, 1.82) is 0 Å². The molecule has 132 valence electrons. The first-order valence-electron chi connectivity index (χ1n) is 7.69. The van der Waals surface area contributed by atoms with E-state index in [0.717, 1.165) is 12.1 Å². The average molecular weight is 357 g/mol. The third kappa shape index (κ3) is 4.18. The largest absolute Gasteiger partial charge is 0.416 e. The van der Waals surface area contributed by atoms with Gasteiger partial charge >= 0.3 is 6.18 Å². The number of carbonyl (C=O) groups is 1. The van der Waals surface area contributed by atoms with E-state index in [1.54, 1.807) is 60.7 Å². The standard InChI is InChI=1S/C19H14F3N3O/c20-19(21,22)15-11-16(13-7-3-1-4-8-13)23-17(12-15)24-25-18(26)14-9-5-2-6-10-14/h1-12H,(H,23,24)(H,25,26). The quantitative estimate of drug-likeness (QED) is 0.675. The van der Waals surface area contributed by atoms with Crippen LogP contribution in [-0.4, -0.2) is 10.9 Å². The third-order valence-corrected chi connectivity index (χ3v) is 3.56. The van der Waals surface area contributed by atoms with E-state index in [1.807, 2.05) is 0 Å². The number of hydrazine groups is 1.